The molecule has 9 unspecified atom stereocenters. The van der Waals surface area contributed by atoms with Crippen molar-refractivity contribution >= 4 is 0 Å². The predicted octanol–water partition coefficient (Wildman–Crippen LogP) is 8.56. The van der Waals surface area contributed by atoms with E-state index in [1.807, 2.05) is 0 Å². The summed E-state index contributed by atoms with van der Waals surface area (Å²) in [5.74, 6) is 3.45. The van der Waals surface area contributed by atoms with Gasteiger partial charge in [-0.2, -0.15) is 0 Å². The Morgan fingerprint density at radius 3 is 2.16 bits per heavy atom. The molecule has 5 fully saturated rings. The van der Waals surface area contributed by atoms with Crippen molar-refractivity contribution in [3.8, 4) is 0 Å². The normalized spacial score (nSPS) is 51.7. The third-order valence-corrected chi connectivity index (χ3v) is 13.7. The lowest BCUT2D eigenvalue weighted by Gasteiger charge is -2.63. The van der Waals surface area contributed by atoms with Gasteiger partial charge < -0.3 is 5.11 Å². The van der Waals surface area contributed by atoms with Crippen LogP contribution >= 0.6 is 0 Å². The highest BCUT2D eigenvalue weighted by Crippen LogP contribution is 2.89. The zero-order valence-corrected chi connectivity index (χ0v) is 22.6. The van der Waals surface area contributed by atoms with Gasteiger partial charge in [0.05, 0.1) is 6.10 Å². The molecule has 1 heteroatoms. The lowest BCUT2D eigenvalue weighted by atomic mass is 9.41. The lowest BCUT2D eigenvalue weighted by Crippen LogP contribution is -2.57. The van der Waals surface area contributed by atoms with Gasteiger partial charge in [-0.1, -0.05) is 45.8 Å². The number of hydrogen-bond acceptors (Lipinski definition) is 1. The highest BCUT2D eigenvalue weighted by molar-refractivity contribution is 5.30. The molecule has 0 radical (unpaired) electrons. The fourth-order valence-corrected chi connectivity index (χ4v) is 11.2. The van der Waals surface area contributed by atoms with Gasteiger partial charge in [0.1, 0.15) is 0 Å². The quantitative estimate of drug-likeness (QED) is 0.434. The smallest absolute Gasteiger partial charge is 0.0594 e. The maximum absolute atomic E-state index is 10.9. The molecule has 182 valence electrons. The maximum Gasteiger partial charge on any atom is 0.0594 e. The topological polar surface area (TPSA) is 20.2 Å². The zero-order valence-electron chi connectivity index (χ0n) is 22.6. The van der Waals surface area contributed by atoms with Gasteiger partial charge in [-0.3, -0.25) is 0 Å². The second kappa shape index (κ2) is 7.11. The SMILES string of the molecule is CC(C)=C(C)CCC(C)C1CCC2(C)C3CCC4C(C)(C)C(O)CCC45CC35CCC12C. The van der Waals surface area contributed by atoms with E-state index >= 15 is 0 Å². The molecule has 1 nitrogen and oxygen atoms in total. The van der Waals surface area contributed by atoms with Crippen LogP contribution in [0.3, 0.4) is 0 Å². The molecule has 5 saturated carbocycles. The molecule has 0 aromatic carbocycles. The molecular weight excluding hydrogens is 388 g/mol. The number of aliphatic hydroxyl groups is 1. The minimum Gasteiger partial charge on any atom is -0.393 e. The van der Waals surface area contributed by atoms with Crippen molar-refractivity contribution in [3.05, 3.63) is 11.1 Å². The predicted molar refractivity (Wildman–Crippen MR) is 135 cm³/mol. The van der Waals surface area contributed by atoms with E-state index in [2.05, 4.69) is 55.4 Å². The van der Waals surface area contributed by atoms with Crippen LogP contribution in [0, 0.1) is 50.7 Å². The summed E-state index contributed by atoms with van der Waals surface area (Å²) in [6.45, 7) is 19.8. The Kier molecular flexibility index (Phi) is 5.21. The first-order chi connectivity index (χ1) is 14.9. The van der Waals surface area contributed by atoms with Crippen molar-refractivity contribution in [1.29, 1.82) is 0 Å². The van der Waals surface area contributed by atoms with E-state index in [-0.39, 0.29) is 11.5 Å². The molecule has 0 saturated heterocycles. The summed E-state index contributed by atoms with van der Waals surface area (Å²) in [6, 6.07) is 0. The molecule has 0 heterocycles. The summed E-state index contributed by atoms with van der Waals surface area (Å²) in [4.78, 5) is 0. The van der Waals surface area contributed by atoms with Crippen LogP contribution in [0.25, 0.3) is 0 Å². The summed E-state index contributed by atoms with van der Waals surface area (Å²) in [6.07, 6.45) is 15.2. The number of aliphatic hydroxyl groups excluding tert-OH is 1. The molecule has 0 aromatic heterocycles. The van der Waals surface area contributed by atoms with E-state index in [0.717, 1.165) is 30.1 Å². The number of fused-ring (bicyclic) bond motifs is 2. The van der Waals surface area contributed by atoms with Crippen molar-refractivity contribution < 1.29 is 5.11 Å². The Morgan fingerprint density at radius 1 is 0.812 bits per heavy atom. The van der Waals surface area contributed by atoms with Crippen molar-refractivity contribution in [1.82, 2.24) is 0 Å². The highest BCUT2D eigenvalue weighted by Gasteiger charge is 2.82. The third-order valence-electron chi connectivity index (χ3n) is 13.7. The minimum absolute atomic E-state index is 0.0854. The molecule has 1 N–H and O–H groups in total. The summed E-state index contributed by atoms with van der Waals surface area (Å²) < 4.78 is 0. The Morgan fingerprint density at radius 2 is 1.47 bits per heavy atom. The van der Waals surface area contributed by atoms with Crippen LogP contribution in [0.15, 0.2) is 11.1 Å². The fourth-order valence-electron chi connectivity index (χ4n) is 11.2. The third kappa shape index (κ3) is 2.73. The molecule has 5 aliphatic carbocycles. The first kappa shape index (κ1) is 23.4. The Hall–Kier alpha value is -0.300. The maximum atomic E-state index is 10.9. The van der Waals surface area contributed by atoms with E-state index in [0.29, 0.717) is 21.7 Å². The van der Waals surface area contributed by atoms with Crippen LogP contribution in [0.2, 0.25) is 0 Å². The van der Waals surface area contributed by atoms with Crippen molar-refractivity contribution in [2.75, 3.05) is 0 Å². The summed E-state index contributed by atoms with van der Waals surface area (Å²) >= 11 is 0. The van der Waals surface area contributed by atoms with Crippen LogP contribution < -0.4 is 0 Å². The lowest BCUT2D eigenvalue weighted by molar-refractivity contribution is -0.161. The molecule has 0 aliphatic heterocycles. The average molecular weight is 441 g/mol. The number of rotatable bonds is 4. The first-order valence-electron chi connectivity index (χ1n) is 14.2. The molecular formula is C31H52O. The zero-order chi connectivity index (χ0) is 23.3. The second-order valence-corrected chi connectivity index (χ2v) is 14.8. The molecule has 0 amide bonds. The highest BCUT2D eigenvalue weighted by atomic mass is 16.3. The van der Waals surface area contributed by atoms with Gasteiger partial charge in [-0.15, -0.1) is 0 Å². The Bertz CT molecular complexity index is 803. The molecule has 9 atom stereocenters. The van der Waals surface area contributed by atoms with Crippen molar-refractivity contribution in [2.24, 2.45) is 50.7 Å². The molecule has 2 spiro atoms. The standard InChI is InChI=1S/C31H52O/c1-20(2)21(3)9-10-22(4)23-13-15-29(8)25-12-11-24-27(5,6)26(32)14-16-30(24)19-31(25,30)18-17-28(23,29)7/h22-26,32H,9-19H2,1-8H3. The van der Waals surface area contributed by atoms with E-state index in [4.69, 9.17) is 0 Å². The monoisotopic (exact) mass is 440 g/mol. The van der Waals surface area contributed by atoms with Gasteiger partial charge in [0.15, 0.2) is 0 Å². The van der Waals surface area contributed by atoms with Crippen molar-refractivity contribution in [2.45, 2.75) is 132 Å². The molecule has 0 bridgehead atoms. The average Bonchev–Trinajstić information content (AvgIpc) is 3.31. The number of hydrogen-bond donors (Lipinski definition) is 1. The molecule has 5 rings (SSSR count). The van der Waals surface area contributed by atoms with Gasteiger partial charge in [0.2, 0.25) is 0 Å². The van der Waals surface area contributed by atoms with Crippen LogP contribution in [0.5, 0.6) is 0 Å². The van der Waals surface area contributed by atoms with Gasteiger partial charge in [-0.25, -0.2) is 0 Å². The number of allylic oxidation sites excluding steroid dienone is 2. The van der Waals surface area contributed by atoms with E-state index in [9.17, 15) is 5.11 Å². The van der Waals surface area contributed by atoms with Crippen LogP contribution in [0.1, 0.15) is 126 Å². The van der Waals surface area contributed by atoms with Crippen molar-refractivity contribution in [3.63, 3.8) is 0 Å². The first-order valence-corrected chi connectivity index (χ1v) is 14.2. The molecule has 5 aliphatic rings. The van der Waals surface area contributed by atoms with Gasteiger partial charge >= 0.3 is 0 Å². The fraction of sp³-hybridized carbons (Fsp3) is 0.935. The molecule has 0 aromatic rings. The summed E-state index contributed by atoms with van der Waals surface area (Å²) in [7, 11) is 0. The van der Waals surface area contributed by atoms with Gasteiger partial charge in [0, 0.05) is 0 Å². The van der Waals surface area contributed by atoms with Crippen LogP contribution in [-0.2, 0) is 0 Å². The summed E-state index contributed by atoms with van der Waals surface area (Å²) in [5, 5.41) is 10.9. The molecule has 32 heavy (non-hydrogen) atoms. The Labute approximate surface area is 199 Å². The largest absolute Gasteiger partial charge is 0.393 e. The van der Waals surface area contributed by atoms with E-state index in [1.54, 1.807) is 5.57 Å². The summed E-state index contributed by atoms with van der Waals surface area (Å²) in [5.41, 5.74) is 5.52. The van der Waals surface area contributed by atoms with E-state index in [1.165, 1.54) is 69.8 Å². The second-order valence-electron chi connectivity index (χ2n) is 14.8. The minimum atomic E-state index is -0.0854. The Balaban J connectivity index is 1.40. The van der Waals surface area contributed by atoms with E-state index < -0.39 is 0 Å². The van der Waals surface area contributed by atoms with Gasteiger partial charge in [-0.05, 0) is 142 Å². The van der Waals surface area contributed by atoms with Crippen LogP contribution in [0.4, 0.5) is 0 Å². The van der Waals surface area contributed by atoms with Gasteiger partial charge in [0.25, 0.3) is 0 Å². The van der Waals surface area contributed by atoms with Crippen LogP contribution in [-0.4, -0.2) is 11.2 Å².